The summed E-state index contributed by atoms with van der Waals surface area (Å²) in [5.41, 5.74) is 3.54. The molecular formula is C24H24F2N2O2. The molecule has 30 heavy (non-hydrogen) atoms. The highest BCUT2D eigenvalue weighted by Gasteiger charge is 2.18. The lowest BCUT2D eigenvalue weighted by atomic mass is 10.00. The second kappa shape index (κ2) is 8.79. The van der Waals surface area contributed by atoms with Crippen LogP contribution in [0.25, 0.3) is 10.9 Å². The van der Waals surface area contributed by atoms with Crippen LogP contribution >= 0.6 is 0 Å². The fourth-order valence-electron chi connectivity index (χ4n) is 3.99. The zero-order valence-electron chi connectivity index (χ0n) is 16.9. The van der Waals surface area contributed by atoms with E-state index < -0.39 is 11.6 Å². The summed E-state index contributed by atoms with van der Waals surface area (Å²) in [7, 11) is 1.66. The SMILES string of the molecule is COc1ccc2[nH]cc(CC3=CCCN(CCC(=O)c4ccc(F)cc4F)C3)c2c1. The van der Waals surface area contributed by atoms with Gasteiger partial charge in [0.25, 0.3) is 0 Å². The van der Waals surface area contributed by atoms with E-state index in [1.165, 1.54) is 17.2 Å². The van der Waals surface area contributed by atoms with Crippen LogP contribution in [0.5, 0.6) is 5.75 Å². The molecule has 0 fully saturated rings. The van der Waals surface area contributed by atoms with Gasteiger partial charge in [-0.15, -0.1) is 0 Å². The summed E-state index contributed by atoms with van der Waals surface area (Å²) < 4.78 is 32.2. The second-order valence-electron chi connectivity index (χ2n) is 7.63. The fraction of sp³-hybridized carbons (Fsp3) is 0.292. The molecule has 0 unspecified atom stereocenters. The van der Waals surface area contributed by atoms with Crippen molar-refractivity contribution in [3.63, 3.8) is 0 Å². The van der Waals surface area contributed by atoms with Gasteiger partial charge in [0.05, 0.1) is 12.7 Å². The zero-order valence-corrected chi connectivity index (χ0v) is 16.9. The molecule has 0 atom stereocenters. The van der Waals surface area contributed by atoms with Crippen molar-refractivity contribution < 1.29 is 18.3 Å². The maximum Gasteiger partial charge on any atom is 0.167 e. The molecule has 0 radical (unpaired) electrons. The summed E-state index contributed by atoms with van der Waals surface area (Å²) in [5, 5.41) is 1.15. The van der Waals surface area contributed by atoms with E-state index in [0.717, 1.165) is 54.7 Å². The Balaban J connectivity index is 1.38. The minimum absolute atomic E-state index is 0.0445. The van der Waals surface area contributed by atoms with Gasteiger partial charge < -0.3 is 9.72 Å². The molecule has 0 saturated carbocycles. The highest BCUT2D eigenvalue weighted by molar-refractivity contribution is 5.96. The number of fused-ring (bicyclic) bond motifs is 1. The van der Waals surface area contributed by atoms with E-state index in [1.54, 1.807) is 7.11 Å². The van der Waals surface area contributed by atoms with E-state index in [9.17, 15) is 13.6 Å². The van der Waals surface area contributed by atoms with Gasteiger partial charge in [-0.05, 0) is 48.7 Å². The molecule has 3 aromatic rings. The van der Waals surface area contributed by atoms with E-state index in [-0.39, 0.29) is 17.8 Å². The van der Waals surface area contributed by atoms with Crippen LogP contribution in [0.1, 0.15) is 28.8 Å². The summed E-state index contributed by atoms with van der Waals surface area (Å²) >= 11 is 0. The first kappa shape index (κ1) is 20.3. The summed E-state index contributed by atoms with van der Waals surface area (Å²) in [6.07, 6.45) is 6.24. The van der Waals surface area contributed by atoms with E-state index in [0.29, 0.717) is 6.54 Å². The summed E-state index contributed by atoms with van der Waals surface area (Å²) in [6.45, 7) is 2.19. The third-order valence-corrected chi connectivity index (χ3v) is 5.58. The third-order valence-electron chi connectivity index (χ3n) is 5.58. The van der Waals surface area contributed by atoms with Crippen LogP contribution in [0.3, 0.4) is 0 Å². The standard InChI is InChI=1S/C24H24F2N2O2/c1-30-19-5-7-23-21(13-19)17(14-27-23)11-16-3-2-9-28(15-16)10-8-24(29)20-6-4-18(25)12-22(20)26/h3-7,12-14,27H,2,8-11,15H2,1H3. The van der Waals surface area contributed by atoms with Gasteiger partial charge in [0.2, 0.25) is 0 Å². The monoisotopic (exact) mass is 410 g/mol. The number of ketones is 1. The number of halogens is 2. The van der Waals surface area contributed by atoms with Crippen molar-refractivity contribution in [2.45, 2.75) is 19.3 Å². The zero-order chi connectivity index (χ0) is 21.1. The maximum atomic E-state index is 13.8. The topological polar surface area (TPSA) is 45.3 Å². The first-order valence-corrected chi connectivity index (χ1v) is 10.1. The quantitative estimate of drug-likeness (QED) is 0.445. The highest BCUT2D eigenvalue weighted by atomic mass is 19.1. The molecule has 156 valence electrons. The molecule has 2 heterocycles. The number of Topliss-reactive ketones (excluding diaryl/α,β-unsaturated/α-hetero) is 1. The normalized spacial score (nSPS) is 14.7. The predicted molar refractivity (Wildman–Crippen MR) is 113 cm³/mol. The number of H-pyrrole nitrogens is 1. The lowest BCUT2D eigenvalue weighted by molar-refractivity contribution is 0.0961. The van der Waals surface area contributed by atoms with E-state index >= 15 is 0 Å². The first-order chi connectivity index (χ1) is 14.5. The minimum atomic E-state index is -0.797. The average molecular weight is 410 g/mol. The molecule has 0 bridgehead atoms. The molecule has 1 aliphatic rings. The van der Waals surface area contributed by atoms with Gasteiger partial charge in [-0.1, -0.05) is 11.6 Å². The molecule has 4 rings (SSSR count). The van der Waals surface area contributed by atoms with Crippen molar-refractivity contribution in [2.24, 2.45) is 0 Å². The smallest absolute Gasteiger partial charge is 0.167 e. The molecule has 4 nitrogen and oxygen atoms in total. The molecule has 6 heteroatoms. The minimum Gasteiger partial charge on any atom is -0.497 e. The second-order valence-corrected chi connectivity index (χ2v) is 7.63. The number of rotatable bonds is 7. The van der Waals surface area contributed by atoms with Gasteiger partial charge in [-0.25, -0.2) is 8.78 Å². The number of hydrogen-bond donors (Lipinski definition) is 1. The Labute approximate surface area is 174 Å². The van der Waals surface area contributed by atoms with Crippen molar-refractivity contribution in [3.8, 4) is 5.75 Å². The van der Waals surface area contributed by atoms with Crippen LogP contribution in [0, 0.1) is 11.6 Å². The molecule has 1 N–H and O–H groups in total. The van der Waals surface area contributed by atoms with Crippen LogP contribution in [0.2, 0.25) is 0 Å². The molecule has 0 spiro atoms. The summed E-state index contributed by atoms with van der Waals surface area (Å²) in [6, 6.07) is 9.09. The Morgan fingerprint density at radius 2 is 2.07 bits per heavy atom. The molecular weight excluding hydrogens is 386 g/mol. The van der Waals surface area contributed by atoms with Gasteiger partial charge in [0.1, 0.15) is 17.4 Å². The number of methoxy groups -OCH3 is 1. The molecule has 0 aliphatic carbocycles. The number of nitrogens with one attached hydrogen (secondary N) is 1. The lowest BCUT2D eigenvalue weighted by Crippen LogP contribution is -2.32. The van der Waals surface area contributed by atoms with E-state index in [4.69, 9.17) is 4.74 Å². The maximum absolute atomic E-state index is 13.8. The Morgan fingerprint density at radius 1 is 1.20 bits per heavy atom. The Kier molecular flexibility index (Phi) is 5.95. The number of benzene rings is 2. The number of hydrogen-bond acceptors (Lipinski definition) is 3. The fourth-order valence-corrected chi connectivity index (χ4v) is 3.99. The molecule has 1 aliphatic heterocycles. The molecule has 1 aromatic heterocycles. The van der Waals surface area contributed by atoms with Gasteiger partial charge >= 0.3 is 0 Å². The van der Waals surface area contributed by atoms with Crippen LogP contribution in [-0.4, -0.2) is 42.4 Å². The van der Waals surface area contributed by atoms with Crippen molar-refractivity contribution >= 4 is 16.7 Å². The van der Waals surface area contributed by atoms with E-state index in [1.807, 2.05) is 24.4 Å². The lowest BCUT2D eigenvalue weighted by Gasteiger charge is -2.27. The van der Waals surface area contributed by atoms with Crippen molar-refractivity contribution in [3.05, 3.63) is 77.0 Å². The van der Waals surface area contributed by atoms with Gasteiger partial charge in [0.15, 0.2) is 5.78 Å². The van der Waals surface area contributed by atoms with Gasteiger partial charge in [-0.3, -0.25) is 9.69 Å². The Bertz CT molecular complexity index is 1100. The van der Waals surface area contributed by atoms with E-state index in [2.05, 4.69) is 16.0 Å². The number of carbonyl (C=O) groups is 1. The molecule has 0 saturated heterocycles. The average Bonchev–Trinajstić information content (AvgIpc) is 3.14. The summed E-state index contributed by atoms with van der Waals surface area (Å²) in [4.78, 5) is 17.9. The van der Waals surface area contributed by atoms with Crippen molar-refractivity contribution in [1.29, 1.82) is 0 Å². The van der Waals surface area contributed by atoms with Crippen LogP contribution in [0.4, 0.5) is 8.78 Å². The highest BCUT2D eigenvalue weighted by Crippen LogP contribution is 2.26. The van der Waals surface area contributed by atoms with Crippen molar-refractivity contribution in [2.75, 3.05) is 26.7 Å². The number of aromatic amines is 1. The summed E-state index contributed by atoms with van der Waals surface area (Å²) in [5.74, 6) is -0.944. The van der Waals surface area contributed by atoms with Gasteiger partial charge in [-0.2, -0.15) is 0 Å². The molecule has 0 amide bonds. The molecule has 2 aromatic carbocycles. The van der Waals surface area contributed by atoms with Crippen LogP contribution in [0.15, 0.2) is 54.2 Å². The first-order valence-electron chi connectivity index (χ1n) is 10.1. The van der Waals surface area contributed by atoms with Crippen LogP contribution in [-0.2, 0) is 6.42 Å². The largest absolute Gasteiger partial charge is 0.497 e. The Morgan fingerprint density at radius 3 is 2.87 bits per heavy atom. The Hall–Kier alpha value is -2.99. The number of aromatic nitrogens is 1. The van der Waals surface area contributed by atoms with Crippen LogP contribution < -0.4 is 4.74 Å². The predicted octanol–water partition coefficient (Wildman–Crippen LogP) is 4.90. The number of nitrogens with zero attached hydrogens (tertiary/aromatic N) is 1. The number of carbonyl (C=O) groups excluding carboxylic acids is 1. The number of ether oxygens (including phenoxy) is 1. The third kappa shape index (κ3) is 4.44. The van der Waals surface area contributed by atoms with Crippen molar-refractivity contribution in [1.82, 2.24) is 9.88 Å². The van der Waals surface area contributed by atoms with Gasteiger partial charge in [0, 0.05) is 49.2 Å².